The minimum absolute atomic E-state index is 0.202. The average molecular weight is 140 g/mol. The van der Waals surface area contributed by atoms with Crippen molar-refractivity contribution in [2.75, 3.05) is 0 Å². The molecule has 1 saturated carbocycles. The van der Waals surface area contributed by atoms with Crippen molar-refractivity contribution in [3.05, 3.63) is 10.5 Å². The predicted molar refractivity (Wildman–Crippen MR) is 33.4 cm³/mol. The van der Waals surface area contributed by atoms with Crippen molar-refractivity contribution in [3.63, 3.8) is 0 Å². The zero-order chi connectivity index (χ0) is 6.97. The van der Waals surface area contributed by atoms with E-state index in [2.05, 4.69) is 15.5 Å². The normalized spacial score (nSPS) is 17.6. The summed E-state index contributed by atoms with van der Waals surface area (Å²) in [7, 11) is 0. The van der Waals surface area contributed by atoms with Crippen molar-refractivity contribution in [3.8, 4) is 0 Å². The summed E-state index contributed by atoms with van der Waals surface area (Å²) in [5.74, 6) is 0.669. The van der Waals surface area contributed by atoms with Gasteiger partial charge in [0.2, 0.25) is 0 Å². The van der Waals surface area contributed by atoms with Crippen molar-refractivity contribution in [1.29, 1.82) is 0 Å². The molecule has 54 valence electrons. The Bertz CT molecular complexity index is 271. The molecule has 5 heteroatoms. The third-order valence-corrected chi connectivity index (χ3v) is 1.66. The van der Waals surface area contributed by atoms with Crippen molar-refractivity contribution in [2.24, 2.45) is 5.92 Å². The first kappa shape index (κ1) is 5.64. The molecular weight excluding hydrogens is 132 g/mol. The van der Waals surface area contributed by atoms with E-state index in [9.17, 15) is 4.79 Å². The Labute approximate surface area is 57.0 Å². The second-order valence-electron chi connectivity index (χ2n) is 2.63. The second-order valence-corrected chi connectivity index (χ2v) is 2.63. The summed E-state index contributed by atoms with van der Waals surface area (Å²) >= 11 is 0. The zero-order valence-electron chi connectivity index (χ0n) is 5.45. The van der Waals surface area contributed by atoms with Crippen molar-refractivity contribution < 1.29 is 0 Å². The van der Waals surface area contributed by atoms with Crippen LogP contribution < -0.4 is 5.69 Å². The molecule has 0 atom stereocenters. The minimum Gasteiger partial charge on any atom is -0.245 e. The van der Waals surface area contributed by atoms with E-state index >= 15 is 0 Å². The largest absolute Gasteiger partial charge is 0.361 e. The van der Waals surface area contributed by atoms with Crippen molar-refractivity contribution >= 4 is 0 Å². The van der Waals surface area contributed by atoms with E-state index in [1.54, 1.807) is 0 Å². The number of tetrazole rings is 1. The summed E-state index contributed by atoms with van der Waals surface area (Å²) in [6, 6.07) is 0. The molecule has 0 bridgehead atoms. The Morgan fingerprint density at radius 3 is 3.00 bits per heavy atom. The molecule has 1 aromatic heterocycles. The molecule has 5 nitrogen and oxygen atoms in total. The lowest BCUT2D eigenvalue weighted by Crippen LogP contribution is -2.18. The van der Waals surface area contributed by atoms with Gasteiger partial charge in [-0.15, -0.1) is 0 Å². The lowest BCUT2D eigenvalue weighted by molar-refractivity contribution is 0.530. The van der Waals surface area contributed by atoms with Crippen LogP contribution in [-0.2, 0) is 6.54 Å². The Hall–Kier alpha value is -1.13. The Morgan fingerprint density at radius 1 is 1.70 bits per heavy atom. The van der Waals surface area contributed by atoms with Gasteiger partial charge in [-0.1, -0.05) is 0 Å². The minimum atomic E-state index is -0.202. The van der Waals surface area contributed by atoms with Crippen molar-refractivity contribution in [2.45, 2.75) is 19.4 Å². The standard InChI is InChI=1S/C5H8N4O/c10-5-6-7-8-9(5)3-4-1-2-4/h4H,1-3H2,(H,6,8,10). The molecule has 1 heterocycles. The summed E-state index contributed by atoms with van der Waals surface area (Å²) < 4.78 is 1.37. The lowest BCUT2D eigenvalue weighted by Gasteiger charge is -1.90. The van der Waals surface area contributed by atoms with Gasteiger partial charge in [0.25, 0.3) is 0 Å². The number of hydrogen-bond donors (Lipinski definition) is 1. The fourth-order valence-electron chi connectivity index (χ4n) is 0.882. The zero-order valence-corrected chi connectivity index (χ0v) is 5.45. The van der Waals surface area contributed by atoms with Crippen LogP contribution in [0.25, 0.3) is 0 Å². The van der Waals surface area contributed by atoms with Crippen LogP contribution in [0.2, 0.25) is 0 Å². The third-order valence-electron chi connectivity index (χ3n) is 1.66. The molecular formula is C5H8N4O. The number of rotatable bonds is 2. The van der Waals surface area contributed by atoms with Gasteiger partial charge in [0.05, 0.1) is 6.54 Å². The van der Waals surface area contributed by atoms with Crippen LogP contribution in [0, 0.1) is 5.92 Å². The van der Waals surface area contributed by atoms with E-state index in [1.807, 2.05) is 0 Å². The Balaban J connectivity index is 2.16. The Morgan fingerprint density at radius 2 is 2.50 bits per heavy atom. The number of aromatic amines is 1. The molecule has 10 heavy (non-hydrogen) atoms. The summed E-state index contributed by atoms with van der Waals surface area (Å²) in [6.07, 6.45) is 2.44. The maximum Gasteiger partial charge on any atom is 0.361 e. The Kier molecular flexibility index (Phi) is 1.09. The molecule has 1 aliphatic carbocycles. The van der Waals surface area contributed by atoms with Crippen LogP contribution >= 0.6 is 0 Å². The van der Waals surface area contributed by atoms with Gasteiger partial charge in [-0.05, 0) is 29.2 Å². The number of aromatic nitrogens is 4. The van der Waals surface area contributed by atoms with Gasteiger partial charge in [-0.25, -0.2) is 9.89 Å². The molecule has 0 aliphatic heterocycles. The first-order chi connectivity index (χ1) is 4.86. The molecule has 1 aromatic rings. The number of nitrogens with one attached hydrogen (secondary N) is 1. The highest BCUT2D eigenvalue weighted by molar-refractivity contribution is 4.72. The molecule has 0 spiro atoms. The third kappa shape index (κ3) is 0.940. The highest BCUT2D eigenvalue weighted by Crippen LogP contribution is 2.29. The number of hydrogen-bond acceptors (Lipinski definition) is 3. The fraction of sp³-hybridized carbons (Fsp3) is 0.800. The smallest absolute Gasteiger partial charge is 0.245 e. The van der Waals surface area contributed by atoms with Crippen LogP contribution in [0.15, 0.2) is 4.79 Å². The first-order valence-electron chi connectivity index (χ1n) is 3.34. The maximum absolute atomic E-state index is 10.8. The van der Waals surface area contributed by atoms with Gasteiger partial charge >= 0.3 is 5.69 Å². The summed E-state index contributed by atoms with van der Waals surface area (Å²) in [5.41, 5.74) is -0.202. The van der Waals surface area contributed by atoms with E-state index in [0.717, 1.165) is 6.54 Å². The molecule has 0 unspecified atom stereocenters. The lowest BCUT2D eigenvalue weighted by atomic mass is 10.4. The molecule has 1 fully saturated rings. The second kappa shape index (κ2) is 1.93. The fourth-order valence-corrected chi connectivity index (χ4v) is 0.882. The van der Waals surface area contributed by atoms with E-state index < -0.39 is 0 Å². The van der Waals surface area contributed by atoms with E-state index in [1.165, 1.54) is 17.5 Å². The van der Waals surface area contributed by atoms with Gasteiger partial charge in [0, 0.05) is 0 Å². The SMILES string of the molecule is O=c1[nH]nnn1CC1CC1. The maximum atomic E-state index is 10.8. The van der Waals surface area contributed by atoms with Crippen LogP contribution in [0.4, 0.5) is 0 Å². The predicted octanol–water partition coefficient (Wildman–Crippen LogP) is -0.624. The molecule has 1 N–H and O–H groups in total. The van der Waals surface area contributed by atoms with Crippen LogP contribution in [0.5, 0.6) is 0 Å². The highest BCUT2D eigenvalue weighted by atomic mass is 16.2. The van der Waals surface area contributed by atoms with Gasteiger partial charge in [0.1, 0.15) is 0 Å². The van der Waals surface area contributed by atoms with Crippen LogP contribution in [-0.4, -0.2) is 20.2 Å². The van der Waals surface area contributed by atoms with Crippen LogP contribution in [0.1, 0.15) is 12.8 Å². The molecule has 0 saturated heterocycles. The quantitative estimate of drug-likeness (QED) is 0.595. The van der Waals surface area contributed by atoms with Gasteiger partial charge in [-0.3, -0.25) is 0 Å². The first-order valence-corrected chi connectivity index (χ1v) is 3.34. The van der Waals surface area contributed by atoms with Gasteiger partial charge in [0.15, 0.2) is 0 Å². The monoisotopic (exact) mass is 140 g/mol. The molecule has 0 radical (unpaired) electrons. The van der Waals surface area contributed by atoms with E-state index in [4.69, 9.17) is 0 Å². The molecule has 2 rings (SSSR count). The van der Waals surface area contributed by atoms with Crippen LogP contribution in [0.3, 0.4) is 0 Å². The topological polar surface area (TPSA) is 63.6 Å². The summed E-state index contributed by atoms with van der Waals surface area (Å²) in [6.45, 7) is 0.731. The molecule has 0 aromatic carbocycles. The van der Waals surface area contributed by atoms with E-state index in [-0.39, 0.29) is 5.69 Å². The molecule has 0 amide bonds. The highest BCUT2D eigenvalue weighted by Gasteiger charge is 2.22. The van der Waals surface area contributed by atoms with E-state index in [0.29, 0.717) is 5.92 Å². The van der Waals surface area contributed by atoms with Crippen molar-refractivity contribution in [1.82, 2.24) is 20.2 Å². The van der Waals surface area contributed by atoms with Gasteiger partial charge < -0.3 is 0 Å². The average Bonchev–Trinajstić information content (AvgIpc) is 2.62. The molecule has 1 aliphatic rings. The number of nitrogens with zero attached hydrogens (tertiary/aromatic N) is 3. The summed E-state index contributed by atoms with van der Waals surface area (Å²) in [5, 5.41) is 9.22. The van der Waals surface area contributed by atoms with Gasteiger partial charge in [-0.2, -0.15) is 4.68 Å². The number of H-pyrrole nitrogens is 1. The summed E-state index contributed by atoms with van der Waals surface area (Å²) in [4.78, 5) is 10.8.